The van der Waals surface area contributed by atoms with E-state index < -0.39 is 0 Å². The predicted molar refractivity (Wildman–Crippen MR) is 81.1 cm³/mol. The van der Waals surface area contributed by atoms with E-state index in [4.69, 9.17) is 0 Å². The largest absolute Gasteiger partial charge is 0.355 e. The molecule has 0 fully saturated rings. The van der Waals surface area contributed by atoms with Gasteiger partial charge in [-0.3, -0.25) is 9.78 Å². The van der Waals surface area contributed by atoms with E-state index in [2.05, 4.69) is 15.6 Å². The Hall–Kier alpha value is -2.43. The van der Waals surface area contributed by atoms with Gasteiger partial charge in [0.25, 0.3) is 5.91 Å². The lowest BCUT2D eigenvalue weighted by Crippen LogP contribution is -2.32. The van der Waals surface area contributed by atoms with E-state index in [9.17, 15) is 9.18 Å². The molecule has 2 aromatic rings. The molecule has 2 N–H and O–H groups in total. The number of benzene rings is 1. The number of pyridine rings is 1. The zero-order valence-electron chi connectivity index (χ0n) is 12.1. The zero-order chi connectivity index (χ0) is 15.2. The summed E-state index contributed by atoms with van der Waals surface area (Å²) in [5.41, 5.74) is 1.82. The van der Waals surface area contributed by atoms with Crippen LogP contribution in [0.15, 0.2) is 42.6 Å². The number of carbonyl (C=O) groups is 1. The van der Waals surface area contributed by atoms with Gasteiger partial charge in [0, 0.05) is 23.6 Å². The van der Waals surface area contributed by atoms with Gasteiger partial charge < -0.3 is 10.6 Å². The van der Waals surface area contributed by atoms with Crippen LogP contribution in [-0.2, 0) is 0 Å². The SMILES string of the molecule is CCC(C)NC(=O)c1cc(Nc2ccc(F)cc2)ccn1. The van der Waals surface area contributed by atoms with Gasteiger partial charge in [-0.2, -0.15) is 0 Å². The summed E-state index contributed by atoms with van der Waals surface area (Å²) in [5.74, 6) is -0.490. The highest BCUT2D eigenvalue weighted by atomic mass is 19.1. The van der Waals surface area contributed by atoms with Crippen molar-refractivity contribution >= 4 is 17.3 Å². The first-order chi connectivity index (χ1) is 10.1. The highest BCUT2D eigenvalue weighted by Gasteiger charge is 2.10. The quantitative estimate of drug-likeness (QED) is 0.885. The van der Waals surface area contributed by atoms with Gasteiger partial charge in [0.15, 0.2) is 0 Å². The van der Waals surface area contributed by atoms with Crippen LogP contribution in [-0.4, -0.2) is 16.9 Å². The summed E-state index contributed by atoms with van der Waals surface area (Å²) in [6.45, 7) is 3.95. The maximum absolute atomic E-state index is 12.9. The Morgan fingerprint density at radius 2 is 1.95 bits per heavy atom. The minimum atomic E-state index is -0.288. The lowest BCUT2D eigenvalue weighted by molar-refractivity contribution is 0.0934. The summed E-state index contributed by atoms with van der Waals surface area (Å²) in [6.07, 6.45) is 2.43. The fourth-order valence-corrected chi connectivity index (χ4v) is 1.73. The van der Waals surface area contributed by atoms with Crippen LogP contribution < -0.4 is 10.6 Å². The number of rotatable bonds is 5. The van der Waals surface area contributed by atoms with Gasteiger partial charge in [-0.05, 0) is 49.7 Å². The highest BCUT2D eigenvalue weighted by Crippen LogP contribution is 2.17. The van der Waals surface area contributed by atoms with Gasteiger partial charge in [0.2, 0.25) is 0 Å². The number of aromatic nitrogens is 1. The molecule has 0 aliphatic carbocycles. The average Bonchev–Trinajstić information content (AvgIpc) is 2.49. The van der Waals surface area contributed by atoms with Gasteiger partial charge >= 0.3 is 0 Å². The summed E-state index contributed by atoms with van der Waals surface area (Å²) in [7, 11) is 0. The molecule has 0 saturated heterocycles. The molecule has 1 aromatic carbocycles. The van der Waals surface area contributed by atoms with E-state index in [0.717, 1.165) is 17.8 Å². The molecule has 1 atom stereocenters. The van der Waals surface area contributed by atoms with Crippen LogP contribution in [0.1, 0.15) is 30.8 Å². The Bertz CT molecular complexity index is 613. The molecule has 5 heteroatoms. The van der Waals surface area contributed by atoms with Crippen molar-refractivity contribution in [3.05, 3.63) is 54.1 Å². The maximum Gasteiger partial charge on any atom is 0.270 e. The molecular formula is C16H18FN3O. The van der Waals surface area contributed by atoms with Crippen molar-refractivity contribution in [3.63, 3.8) is 0 Å². The number of nitrogens with one attached hydrogen (secondary N) is 2. The van der Waals surface area contributed by atoms with Crippen molar-refractivity contribution in [2.45, 2.75) is 26.3 Å². The molecule has 1 aromatic heterocycles. The number of carbonyl (C=O) groups excluding carboxylic acids is 1. The number of hydrogen-bond donors (Lipinski definition) is 2. The van der Waals surface area contributed by atoms with Crippen LogP contribution in [0.4, 0.5) is 15.8 Å². The van der Waals surface area contributed by atoms with Gasteiger partial charge in [-0.25, -0.2) is 4.39 Å². The number of amides is 1. The normalized spacial score (nSPS) is 11.8. The van der Waals surface area contributed by atoms with Crippen molar-refractivity contribution in [3.8, 4) is 0 Å². The zero-order valence-corrected chi connectivity index (χ0v) is 12.1. The van der Waals surface area contributed by atoms with Crippen LogP contribution in [0.5, 0.6) is 0 Å². The molecule has 110 valence electrons. The van der Waals surface area contributed by atoms with Crippen LogP contribution in [0, 0.1) is 5.82 Å². The van der Waals surface area contributed by atoms with E-state index in [1.165, 1.54) is 12.1 Å². The molecule has 0 saturated carbocycles. The minimum Gasteiger partial charge on any atom is -0.355 e. The fraction of sp³-hybridized carbons (Fsp3) is 0.250. The van der Waals surface area contributed by atoms with E-state index in [-0.39, 0.29) is 17.8 Å². The van der Waals surface area contributed by atoms with Gasteiger partial charge in [0.1, 0.15) is 11.5 Å². The molecule has 0 spiro atoms. The van der Waals surface area contributed by atoms with Crippen LogP contribution in [0.3, 0.4) is 0 Å². The Kier molecular flexibility index (Phi) is 4.87. The summed E-state index contributed by atoms with van der Waals surface area (Å²) < 4.78 is 12.9. The molecule has 1 unspecified atom stereocenters. The molecule has 0 aliphatic rings. The molecule has 4 nitrogen and oxygen atoms in total. The molecule has 0 radical (unpaired) electrons. The smallest absolute Gasteiger partial charge is 0.270 e. The number of hydrogen-bond acceptors (Lipinski definition) is 3. The third kappa shape index (κ3) is 4.27. The molecular weight excluding hydrogens is 269 g/mol. The highest BCUT2D eigenvalue weighted by molar-refractivity contribution is 5.93. The second-order valence-electron chi connectivity index (χ2n) is 4.84. The standard InChI is InChI=1S/C16H18FN3O/c1-3-11(2)19-16(21)15-10-14(8-9-18-15)20-13-6-4-12(17)5-7-13/h4-11H,3H2,1-2H3,(H,18,20)(H,19,21). The summed E-state index contributed by atoms with van der Waals surface area (Å²) >= 11 is 0. The summed E-state index contributed by atoms with van der Waals surface area (Å²) in [6, 6.07) is 9.54. The molecule has 1 heterocycles. The third-order valence-electron chi connectivity index (χ3n) is 3.12. The Morgan fingerprint density at radius 3 is 2.62 bits per heavy atom. The topological polar surface area (TPSA) is 54.0 Å². The van der Waals surface area contributed by atoms with Crippen LogP contribution in [0.25, 0.3) is 0 Å². The molecule has 2 rings (SSSR count). The van der Waals surface area contributed by atoms with Gasteiger partial charge in [-0.1, -0.05) is 6.92 Å². The summed E-state index contributed by atoms with van der Waals surface area (Å²) in [5, 5.41) is 5.97. The Morgan fingerprint density at radius 1 is 1.24 bits per heavy atom. The van der Waals surface area contributed by atoms with E-state index in [1.54, 1.807) is 30.5 Å². The van der Waals surface area contributed by atoms with E-state index in [0.29, 0.717) is 5.69 Å². The molecule has 0 bridgehead atoms. The van der Waals surface area contributed by atoms with E-state index >= 15 is 0 Å². The number of anilines is 2. The number of halogens is 1. The van der Waals surface area contributed by atoms with Crippen molar-refractivity contribution in [2.75, 3.05) is 5.32 Å². The lowest BCUT2D eigenvalue weighted by Gasteiger charge is -2.12. The van der Waals surface area contributed by atoms with Crippen LogP contribution >= 0.6 is 0 Å². The van der Waals surface area contributed by atoms with Crippen LogP contribution in [0.2, 0.25) is 0 Å². The van der Waals surface area contributed by atoms with Crippen molar-refractivity contribution in [1.29, 1.82) is 0 Å². The lowest BCUT2D eigenvalue weighted by atomic mass is 10.2. The average molecular weight is 287 g/mol. The van der Waals surface area contributed by atoms with Crippen molar-refractivity contribution in [1.82, 2.24) is 10.3 Å². The van der Waals surface area contributed by atoms with Gasteiger partial charge in [-0.15, -0.1) is 0 Å². The predicted octanol–water partition coefficient (Wildman–Crippen LogP) is 3.49. The van der Waals surface area contributed by atoms with Crippen molar-refractivity contribution < 1.29 is 9.18 Å². The first kappa shape index (κ1) is 15.0. The minimum absolute atomic E-state index is 0.105. The van der Waals surface area contributed by atoms with Gasteiger partial charge in [0.05, 0.1) is 0 Å². The maximum atomic E-state index is 12.9. The second kappa shape index (κ2) is 6.83. The molecule has 1 amide bonds. The Labute approximate surface area is 123 Å². The molecule has 0 aliphatic heterocycles. The van der Waals surface area contributed by atoms with E-state index in [1.807, 2.05) is 13.8 Å². The third-order valence-corrected chi connectivity index (χ3v) is 3.12. The first-order valence-corrected chi connectivity index (χ1v) is 6.88. The second-order valence-corrected chi connectivity index (χ2v) is 4.84. The Balaban J connectivity index is 2.10. The van der Waals surface area contributed by atoms with Crippen molar-refractivity contribution in [2.24, 2.45) is 0 Å². The monoisotopic (exact) mass is 287 g/mol. The summed E-state index contributed by atoms with van der Waals surface area (Å²) in [4.78, 5) is 16.1. The molecule has 21 heavy (non-hydrogen) atoms. The first-order valence-electron chi connectivity index (χ1n) is 6.88. The number of nitrogens with zero attached hydrogens (tertiary/aromatic N) is 1. The fourth-order valence-electron chi connectivity index (χ4n) is 1.73.